The van der Waals surface area contributed by atoms with E-state index in [9.17, 15) is 17.6 Å². The van der Waals surface area contributed by atoms with E-state index in [1.165, 1.54) is 18.2 Å². The second kappa shape index (κ2) is 6.06. The number of hydrogen-bond donors (Lipinski definition) is 0. The topological polar surface area (TPSA) is 0 Å². The van der Waals surface area contributed by atoms with E-state index in [0.717, 1.165) is 12.1 Å². The van der Waals surface area contributed by atoms with E-state index in [1.54, 1.807) is 19.1 Å². The Morgan fingerprint density at radius 1 is 1.05 bits per heavy atom. The summed E-state index contributed by atoms with van der Waals surface area (Å²) >= 11 is 6.21. The fourth-order valence-electron chi connectivity index (χ4n) is 1.96. The molecule has 5 heteroatoms. The molecule has 0 saturated carbocycles. The van der Waals surface area contributed by atoms with Crippen LogP contribution in [0.25, 0.3) is 0 Å². The summed E-state index contributed by atoms with van der Waals surface area (Å²) in [6, 6.07) is 9.54. The first-order valence-electron chi connectivity index (χ1n) is 6.33. The summed E-state index contributed by atoms with van der Waals surface area (Å²) in [7, 11) is 0. The number of benzene rings is 2. The minimum Gasteiger partial charge on any atom is -0.207 e. The second-order valence-electron chi connectivity index (χ2n) is 4.87. The molecule has 2 aromatic rings. The maximum Gasteiger partial charge on any atom is 0.416 e. The zero-order valence-corrected chi connectivity index (χ0v) is 12.0. The van der Waals surface area contributed by atoms with E-state index in [4.69, 9.17) is 11.6 Å². The maximum absolute atomic E-state index is 13.5. The zero-order chi connectivity index (χ0) is 15.6. The molecular formula is C16H13ClF4. The number of rotatable bonds is 3. The lowest BCUT2D eigenvalue weighted by atomic mass is 10.0. The van der Waals surface area contributed by atoms with E-state index in [1.807, 2.05) is 0 Å². The monoisotopic (exact) mass is 316 g/mol. The van der Waals surface area contributed by atoms with Crippen LogP contribution in [0.15, 0.2) is 42.5 Å². The van der Waals surface area contributed by atoms with Gasteiger partial charge in [-0.2, -0.15) is 13.2 Å². The van der Waals surface area contributed by atoms with Crippen molar-refractivity contribution in [1.29, 1.82) is 0 Å². The Bertz CT molecular complexity index is 617. The molecule has 112 valence electrons. The molecule has 1 unspecified atom stereocenters. The molecule has 0 spiro atoms. The number of alkyl halides is 4. The Hall–Kier alpha value is -1.55. The van der Waals surface area contributed by atoms with Crippen molar-refractivity contribution >= 4 is 11.6 Å². The van der Waals surface area contributed by atoms with Crippen molar-refractivity contribution < 1.29 is 17.6 Å². The third-order valence-electron chi connectivity index (χ3n) is 3.25. The smallest absolute Gasteiger partial charge is 0.207 e. The fourth-order valence-corrected chi connectivity index (χ4v) is 2.27. The first-order valence-corrected chi connectivity index (χ1v) is 6.77. The molecule has 0 bridgehead atoms. The highest BCUT2D eigenvalue weighted by atomic mass is 35.5. The summed E-state index contributed by atoms with van der Waals surface area (Å²) in [4.78, 5) is 0. The van der Waals surface area contributed by atoms with Gasteiger partial charge in [-0.15, -0.1) is 11.6 Å². The Kier molecular flexibility index (Phi) is 4.57. The highest BCUT2D eigenvalue weighted by molar-refractivity contribution is 6.20. The van der Waals surface area contributed by atoms with Gasteiger partial charge in [-0.1, -0.05) is 24.3 Å². The average Bonchev–Trinajstić information content (AvgIpc) is 2.41. The molecule has 0 heterocycles. The first-order chi connectivity index (χ1) is 9.77. The molecule has 0 radical (unpaired) electrons. The summed E-state index contributed by atoms with van der Waals surface area (Å²) in [6.45, 7) is 1.65. The lowest BCUT2D eigenvalue weighted by molar-refractivity contribution is -0.137. The highest BCUT2D eigenvalue weighted by Gasteiger charge is 2.29. The van der Waals surface area contributed by atoms with Gasteiger partial charge >= 0.3 is 6.18 Å². The normalized spacial score (nSPS) is 13.2. The van der Waals surface area contributed by atoms with Gasteiger partial charge < -0.3 is 0 Å². The molecule has 0 aromatic heterocycles. The van der Waals surface area contributed by atoms with Gasteiger partial charge in [0, 0.05) is 0 Å². The van der Waals surface area contributed by atoms with Crippen LogP contribution in [0.2, 0.25) is 0 Å². The molecule has 0 N–H and O–H groups in total. The summed E-state index contributed by atoms with van der Waals surface area (Å²) in [5.41, 5.74) is 1.11. The third-order valence-corrected chi connectivity index (χ3v) is 3.66. The minimum absolute atomic E-state index is 0.336. The Balaban J connectivity index is 2.12. The molecule has 0 fully saturated rings. The molecule has 2 rings (SSSR count). The van der Waals surface area contributed by atoms with E-state index < -0.39 is 17.1 Å². The standard InChI is InChI=1S/C16H13ClF4/c1-10-2-5-12(9-15(10)18)14(17)8-11-3-6-13(7-4-11)16(19,20)21/h2-7,9,14H,8H2,1H3. The van der Waals surface area contributed by atoms with Crippen LogP contribution in [-0.4, -0.2) is 0 Å². The second-order valence-corrected chi connectivity index (χ2v) is 5.40. The van der Waals surface area contributed by atoms with Crippen LogP contribution in [0.1, 0.15) is 27.6 Å². The van der Waals surface area contributed by atoms with E-state index >= 15 is 0 Å². The molecule has 0 amide bonds. The minimum atomic E-state index is -4.35. The van der Waals surface area contributed by atoms with Gasteiger partial charge in [-0.25, -0.2) is 4.39 Å². The number of hydrogen-bond acceptors (Lipinski definition) is 0. The Labute approximate surface area is 125 Å². The first kappa shape index (κ1) is 15.8. The molecule has 1 atom stereocenters. The summed E-state index contributed by atoms with van der Waals surface area (Å²) in [5, 5.41) is -0.489. The molecule has 0 nitrogen and oxygen atoms in total. The van der Waals surface area contributed by atoms with Crippen LogP contribution in [-0.2, 0) is 12.6 Å². The molecular weight excluding hydrogens is 304 g/mol. The van der Waals surface area contributed by atoms with Crippen LogP contribution >= 0.6 is 11.6 Å². The van der Waals surface area contributed by atoms with Gasteiger partial charge in [0.25, 0.3) is 0 Å². The van der Waals surface area contributed by atoms with Gasteiger partial charge in [0.15, 0.2) is 0 Å². The molecule has 0 aliphatic carbocycles. The van der Waals surface area contributed by atoms with Gasteiger partial charge in [0.2, 0.25) is 0 Å². The molecule has 0 aliphatic rings. The van der Waals surface area contributed by atoms with Crippen molar-refractivity contribution in [1.82, 2.24) is 0 Å². The van der Waals surface area contributed by atoms with Gasteiger partial charge in [-0.3, -0.25) is 0 Å². The zero-order valence-electron chi connectivity index (χ0n) is 11.2. The van der Waals surface area contributed by atoms with Crippen molar-refractivity contribution in [3.63, 3.8) is 0 Å². The largest absolute Gasteiger partial charge is 0.416 e. The van der Waals surface area contributed by atoms with Gasteiger partial charge in [0.05, 0.1) is 10.9 Å². The number of halogens is 5. The molecule has 2 aromatic carbocycles. The van der Waals surface area contributed by atoms with Crippen molar-refractivity contribution in [2.75, 3.05) is 0 Å². The van der Waals surface area contributed by atoms with Gasteiger partial charge in [-0.05, 0) is 48.2 Å². The predicted molar refractivity (Wildman–Crippen MR) is 74.9 cm³/mol. The van der Waals surface area contributed by atoms with Crippen LogP contribution in [0, 0.1) is 12.7 Å². The molecule has 0 aliphatic heterocycles. The lowest BCUT2D eigenvalue weighted by Gasteiger charge is -2.12. The predicted octanol–water partition coefficient (Wildman–Crippen LogP) is 5.68. The molecule has 0 saturated heterocycles. The van der Waals surface area contributed by atoms with Crippen molar-refractivity contribution in [3.8, 4) is 0 Å². The van der Waals surface area contributed by atoms with E-state index in [0.29, 0.717) is 23.1 Å². The van der Waals surface area contributed by atoms with E-state index in [-0.39, 0.29) is 5.82 Å². The third kappa shape index (κ3) is 3.97. The van der Waals surface area contributed by atoms with Crippen molar-refractivity contribution in [2.24, 2.45) is 0 Å². The Morgan fingerprint density at radius 2 is 1.67 bits per heavy atom. The number of aryl methyl sites for hydroxylation is 1. The van der Waals surface area contributed by atoms with Gasteiger partial charge in [0.1, 0.15) is 5.82 Å². The SMILES string of the molecule is Cc1ccc(C(Cl)Cc2ccc(C(F)(F)F)cc2)cc1F. The maximum atomic E-state index is 13.5. The average molecular weight is 317 g/mol. The van der Waals surface area contributed by atoms with Crippen LogP contribution in [0.3, 0.4) is 0 Å². The lowest BCUT2D eigenvalue weighted by Crippen LogP contribution is -2.05. The van der Waals surface area contributed by atoms with Crippen molar-refractivity contribution in [2.45, 2.75) is 24.9 Å². The summed E-state index contributed by atoms with van der Waals surface area (Å²) in [5.74, 6) is -0.342. The Morgan fingerprint density at radius 3 is 2.19 bits per heavy atom. The van der Waals surface area contributed by atoms with E-state index in [2.05, 4.69) is 0 Å². The van der Waals surface area contributed by atoms with Crippen LogP contribution < -0.4 is 0 Å². The quantitative estimate of drug-likeness (QED) is 0.505. The van der Waals surface area contributed by atoms with Crippen molar-refractivity contribution in [3.05, 3.63) is 70.5 Å². The van der Waals surface area contributed by atoms with Crippen LogP contribution in [0.5, 0.6) is 0 Å². The summed E-state index contributed by atoms with van der Waals surface area (Å²) < 4.78 is 50.9. The molecule has 21 heavy (non-hydrogen) atoms. The summed E-state index contributed by atoms with van der Waals surface area (Å²) in [6.07, 6.45) is -4.01. The fraction of sp³-hybridized carbons (Fsp3) is 0.250. The highest BCUT2D eigenvalue weighted by Crippen LogP contribution is 2.31. The van der Waals surface area contributed by atoms with Crippen LogP contribution in [0.4, 0.5) is 17.6 Å².